The Hall–Kier alpha value is -2.62. The van der Waals surface area contributed by atoms with E-state index >= 15 is 0 Å². The molecule has 0 bridgehead atoms. The third-order valence-electron chi connectivity index (χ3n) is 6.69. The van der Waals surface area contributed by atoms with Crippen molar-refractivity contribution in [1.82, 2.24) is 0 Å². The van der Waals surface area contributed by atoms with E-state index in [1.54, 1.807) is 0 Å². The molecule has 4 nitrogen and oxygen atoms in total. The second kappa shape index (κ2) is 31.9. The van der Waals surface area contributed by atoms with Gasteiger partial charge in [0.2, 0.25) is 0 Å². The minimum absolute atomic E-state index is 0.0498. The first-order valence-corrected chi connectivity index (χ1v) is 16.4. The summed E-state index contributed by atoms with van der Waals surface area (Å²) in [6.45, 7) is 4.30. The molecule has 0 saturated heterocycles. The van der Waals surface area contributed by atoms with E-state index in [9.17, 15) is 9.59 Å². The van der Waals surface area contributed by atoms with Gasteiger partial charge < -0.3 is 9.84 Å². The second-order valence-electron chi connectivity index (χ2n) is 10.6. The Labute approximate surface area is 252 Å². The van der Waals surface area contributed by atoms with Crippen molar-refractivity contribution in [2.75, 3.05) is 0 Å². The number of carboxylic acids is 1. The summed E-state index contributed by atoms with van der Waals surface area (Å²) in [6, 6.07) is 0. The molecule has 0 amide bonds. The molecular formula is C37H60O4. The first-order chi connectivity index (χ1) is 20.1. The first kappa shape index (κ1) is 38.4. The minimum Gasteiger partial charge on any atom is -0.481 e. The first-order valence-electron chi connectivity index (χ1n) is 16.4. The molecule has 0 radical (unpaired) electrons. The van der Waals surface area contributed by atoms with Gasteiger partial charge in [-0.1, -0.05) is 132 Å². The predicted octanol–water partition coefficient (Wildman–Crippen LogP) is 11.2. The highest BCUT2D eigenvalue weighted by Crippen LogP contribution is 2.16. The number of allylic oxidation sites excluding steroid dienone is 12. The third kappa shape index (κ3) is 31.8. The molecule has 1 unspecified atom stereocenters. The lowest BCUT2D eigenvalue weighted by molar-refractivity contribution is -0.149. The van der Waals surface area contributed by atoms with Gasteiger partial charge in [0.05, 0.1) is 0 Å². The Kier molecular flexibility index (Phi) is 29.9. The van der Waals surface area contributed by atoms with Crippen molar-refractivity contribution < 1.29 is 19.4 Å². The summed E-state index contributed by atoms with van der Waals surface area (Å²) in [5.41, 5.74) is 0. The van der Waals surface area contributed by atoms with Gasteiger partial charge in [-0.15, -0.1) is 0 Å². The zero-order chi connectivity index (χ0) is 30.1. The fourth-order valence-electron chi connectivity index (χ4n) is 4.38. The molecule has 0 fully saturated rings. The average molecular weight is 569 g/mol. The maximum Gasteiger partial charge on any atom is 0.306 e. The molecule has 1 atom stereocenters. The molecule has 0 aromatic carbocycles. The van der Waals surface area contributed by atoms with E-state index in [1.807, 2.05) is 0 Å². The minimum atomic E-state index is -0.693. The average Bonchev–Trinajstić information content (AvgIpc) is 2.95. The fourth-order valence-corrected chi connectivity index (χ4v) is 4.38. The van der Waals surface area contributed by atoms with Gasteiger partial charge in [0.15, 0.2) is 0 Å². The number of ether oxygens (including phenoxy) is 1. The molecular weight excluding hydrogens is 508 g/mol. The van der Waals surface area contributed by atoms with Crippen LogP contribution in [-0.4, -0.2) is 23.1 Å². The second-order valence-corrected chi connectivity index (χ2v) is 10.6. The number of esters is 1. The molecule has 0 aliphatic carbocycles. The lowest BCUT2D eigenvalue weighted by Crippen LogP contribution is -2.18. The number of carbonyl (C=O) groups excluding carboxylic acids is 1. The van der Waals surface area contributed by atoms with Crippen molar-refractivity contribution in [1.29, 1.82) is 0 Å². The number of hydrogen-bond acceptors (Lipinski definition) is 3. The van der Waals surface area contributed by atoms with E-state index in [-0.39, 0.29) is 12.1 Å². The monoisotopic (exact) mass is 568 g/mol. The smallest absolute Gasteiger partial charge is 0.306 e. The van der Waals surface area contributed by atoms with Crippen LogP contribution >= 0.6 is 0 Å². The van der Waals surface area contributed by atoms with E-state index < -0.39 is 5.97 Å². The Morgan fingerprint density at radius 1 is 0.561 bits per heavy atom. The number of carbonyl (C=O) groups is 2. The molecule has 0 aromatic rings. The summed E-state index contributed by atoms with van der Waals surface area (Å²) in [7, 11) is 0. The van der Waals surface area contributed by atoms with Gasteiger partial charge in [-0.3, -0.25) is 9.59 Å². The number of aliphatic carboxylic acids is 1. The summed E-state index contributed by atoms with van der Waals surface area (Å²) in [4.78, 5) is 22.8. The highest BCUT2D eigenvalue weighted by atomic mass is 16.5. The van der Waals surface area contributed by atoms with E-state index in [1.165, 1.54) is 25.7 Å². The zero-order valence-electron chi connectivity index (χ0n) is 26.3. The largest absolute Gasteiger partial charge is 0.481 e. The number of rotatable bonds is 28. The van der Waals surface area contributed by atoms with Gasteiger partial charge in [-0.2, -0.15) is 0 Å². The lowest BCUT2D eigenvalue weighted by Gasteiger charge is -2.17. The molecule has 0 heterocycles. The van der Waals surface area contributed by atoms with Gasteiger partial charge >= 0.3 is 11.9 Å². The van der Waals surface area contributed by atoms with Gasteiger partial charge in [-0.05, 0) is 70.6 Å². The summed E-state index contributed by atoms with van der Waals surface area (Å²) in [5.74, 6) is -0.773. The molecule has 0 aromatic heterocycles. The van der Waals surface area contributed by atoms with Crippen molar-refractivity contribution in [2.45, 2.75) is 148 Å². The van der Waals surface area contributed by atoms with Crippen molar-refractivity contribution in [3.05, 3.63) is 72.9 Å². The SMILES string of the molecule is CC/C=C\C/C=C\C/C=C\C/C=C\C/C=C\C/C=C\CCC(=O)OC(CCC)CCCCCCCCCCC(=O)O. The Balaban J connectivity index is 3.80. The van der Waals surface area contributed by atoms with Crippen LogP contribution in [0.3, 0.4) is 0 Å². The van der Waals surface area contributed by atoms with Gasteiger partial charge in [0.1, 0.15) is 6.10 Å². The van der Waals surface area contributed by atoms with Gasteiger partial charge in [-0.25, -0.2) is 0 Å². The molecule has 232 valence electrons. The molecule has 4 heteroatoms. The van der Waals surface area contributed by atoms with Crippen molar-refractivity contribution in [3.8, 4) is 0 Å². The highest BCUT2D eigenvalue weighted by Gasteiger charge is 2.12. The van der Waals surface area contributed by atoms with Crippen LogP contribution in [0.25, 0.3) is 0 Å². The highest BCUT2D eigenvalue weighted by molar-refractivity contribution is 5.69. The van der Waals surface area contributed by atoms with Gasteiger partial charge in [0.25, 0.3) is 0 Å². The zero-order valence-corrected chi connectivity index (χ0v) is 26.3. The molecule has 41 heavy (non-hydrogen) atoms. The number of carboxylic acid groups (broad SMARTS) is 1. The Bertz CT molecular complexity index is 785. The molecule has 1 N–H and O–H groups in total. The van der Waals surface area contributed by atoms with Crippen LogP contribution in [0.1, 0.15) is 142 Å². The third-order valence-corrected chi connectivity index (χ3v) is 6.69. The molecule has 0 aliphatic heterocycles. The van der Waals surface area contributed by atoms with Crippen molar-refractivity contribution in [2.24, 2.45) is 0 Å². The molecule has 0 spiro atoms. The van der Waals surface area contributed by atoms with Crippen LogP contribution in [0.5, 0.6) is 0 Å². The summed E-state index contributed by atoms with van der Waals surface area (Å²) in [6.07, 6.45) is 45.4. The van der Waals surface area contributed by atoms with Crippen LogP contribution in [0, 0.1) is 0 Å². The Morgan fingerprint density at radius 2 is 1.00 bits per heavy atom. The van der Waals surface area contributed by atoms with Crippen molar-refractivity contribution in [3.63, 3.8) is 0 Å². The van der Waals surface area contributed by atoms with E-state index in [0.29, 0.717) is 12.8 Å². The normalized spacial score (nSPS) is 13.2. The Morgan fingerprint density at radius 3 is 1.46 bits per heavy atom. The number of hydrogen-bond donors (Lipinski definition) is 1. The summed E-state index contributed by atoms with van der Waals surface area (Å²) in [5, 5.41) is 8.66. The fraction of sp³-hybridized carbons (Fsp3) is 0.622. The van der Waals surface area contributed by atoms with E-state index in [2.05, 4.69) is 86.8 Å². The van der Waals surface area contributed by atoms with Crippen LogP contribution in [-0.2, 0) is 14.3 Å². The molecule has 0 rings (SSSR count). The summed E-state index contributed by atoms with van der Waals surface area (Å²) >= 11 is 0. The standard InChI is InChI=1S/C37H60O4/c1-3-5-6-7-8-9-10-11-12-13-14-15-16-17-18-19-24-27-30-34-37(40)41-35(31-4-2)32-28-25-22-20-21-23-26-29-33-36(38)39/h5-6,8-9,11-12,14-15,17-18,24,27,35H,3-4,7,10,13,16,19-23,25-26,28-34H2,1-2H3,(H,38,39)/b6-5-,9-8-,12-11-,15-14-,18-17-,27-24-. The maximum absolute atomic E-state index is 12.3. The van der Waals surface area contributed by atoms with Crippen LogP contribution < -0.4 is 0 Å². The predicted molar refractivity (Wildman–Crippen MR) is 176 cm³/mol. The topological polar surface area (TPSA) is 63.6 Å². The lowest BCUT2D eigenvalue weighted by atomic mass is 10.0. The van der Waals surface area contributed by atoms with Crippen molar-refractivity contribution >= 4 is 11.9 Å². The van der Waals surface area contributed by atoms with Crippen LogP contribution in [0.2, 0.25) is 0 Å². The number of unbranched alkanes of at least 4 members (excludes halogenated alkanes) is 7. The van der Waals surface area contributed by atoms with Crippen LogP contribution in [0.4, 0.5) is 0 Å². The van der Waals surface area contributed by atoms with E-state index in [0.717, 1.165) is 89.9 Å². The van der Waals surface area contributed by atoms with E-state index in [4.69, 9.17) is 9.84 Å². The van der Waals surface area contributed by atoms with Gasteiger partial charge in [0, 0.05) is 12.8 Å². The van der Waals surface area contributed by atoms with Crippen LogP contribution in [0.15, 0.2) is 72.9 Å². The maximum atomic E-state index is 12.3. The summed E-state index contributed by atoms with van der Waals surface area (Å²) < 4.78 is 5.77. The molecule has 0 aliphatic rings. The molecule has 0 saturated carbocycles. The quantitative estimate of drug-likeness (QED) is 0.0579.